The number of carbonyl (C=O) groups excluding carboxylic acids is 1. The van der Waals surface area contributed by atoms with E-state index in [4.69, 9.17) is 0 Å². The summed E-state index contributed by atoms with van der Waals surface area (Å²) in [5.41, 5.74) is 4.63. The van der Waals surface area contributed by atoms with Crippen LogP contribution in [0, 0.1) is 5.92 Å². The molecule has 1 aliphatic rings. The fourth-order valence-corrected chi connectivity index (χ4v) is 3.07. The van der Waals surface area contributed by atoms with Gasteiger partial charge in [0.15, 0.2) is 0 Å². The van der Waals surface area contributed by atoms with E-state index in [2.05, 4.69) is 34.8 Å². The SMILES string of the molecule is C/C(=N\NC(=O)C1CCCCC1)c1ccc2ccccc2c1. The number of nitrogens with zero attached hydrogens (tertiary/aromatic N) is 1. The summed E-state index contributed by atoms with van der Waals surface area (Å²) in [7, 11) is 0. The molecule has 0 unspecified atom stereocenters. The number of benzene rings is 2. The highest BCUT2D eigenvalue weighted by molar-refractivity contribution is 6.02. The van der Waals surface area contributed by atoms with Gasteiger partial charge >= 0.3 is 0 Å². The van der Waals surface area contributed by atoms with E-state index in [9.17, 15) is 4.79 Å². The number of hydrogen-bond acceptors (Lipinski definition) is 2. The van der Waals surface area contributed by atoms with Gasteiger partial charge in [-0.3, -0.25) is 4.79 Å². The van der Waals surface area contributed by atoms with E-state index in [0.717, 1.165) is 37.0 Å². The van der Waals surface area contributed by atoms with Crippen molar-refractivity contribution in [1.82, 2.24) is 5.43 Å². The first-order valence-corrected chi connectivity index (χ1v) is 8.07. The van der Waals surface area contributed by atoms with Gasteiger partial charge in [-0.2, -0.15) is 5.10 Å². The molecular weight excluding hydrogens is 272 g/mol. The van der Waals surface area contributed by atoms with Gasteiger partial charge in [0.2, 0.25) is 5.91 Å². The fraction of sp³-hybridized carbons (Fsp3) is 0.368. The van der Waals surface area contributed by atoms with Crippen LogP contribution in [0.5, 0.6) is 0 Å². The molecule has 1 aliphatic carbocycles. The van der Waals surface area contributed by atoms with Crippen molar-refractivity contribution in [1.29, 1.82) is 0 Å². The van der Waals surface area contributed by atoms with Gasteiger partial charge in [0, 0.05) is 5.92 Å². The molecule has 2 aromatic carbocycles. The highest BCUT2D eigenvalue weighted by Gasteiger charge is 2.20. The third kappa shape index (κ3) is 3.35. The third-order valence-electron chi connectivity index (χ3n) is 4.48. The minimum atomic E-state index is 0.0693. The number of rotatable bonds is 3. The molecule has 1 saturated carbocycles. The molecule has 1 fully saturated rings. The average Bonchev–Trinajstić information content (AvgIpc) is 2.59. The Morgan fingerprint density at radius 2 is 1.77 bits per heavy atom. The molecule has 22 heavy (non-hydrogen) atoms. The summed E-state index contributed by atoms with van der Waals surface area (Å²) in [6.07, 6.45) is 5.56. The smallest absolute Gasteiger partial charge is 0.243 e. The average molecular weight is 294 g/mol. The zero-order valence-corrected chi connectivity index (χ0v) is 13.0. The minimum absolute atomic E-state index is 0.0693. The second-order valence-electron chi connectivity index (χ2n) is 6.07. The molecule has 2 aromatic rings. The number of hydrazone groups is 1. The van der Waals surface area contributed by atoms with E-state index in [1.807, 2.05) is 25.1 Å². The van der Waals surface area contributed by atoms with Crippen molar-refractivity contribution >= 4 is 22.4 Å². The summed E-state index contributed by atoms with van der Waals surface area (Å²) in [6.45, 7) is 1.94. The molecular formula is C19H22N2O. The first kappa shape index (κ1) is 14.8. The summed E-state index contributed by atoms with van der Waals surface area (Å²) in [5.74, 6) is 0.210. The predicted molar refractivity (Wildman–Crippen MR) is 90.9 cm³/mol. The van der Waals surface area contributed by atoms with Crippen LogP contribution in [0.4, 0.5) is 0 Å². The molecule has 0 saturated heterocycles. The summed E-state index contributed by atoms with van der Waals surface area (Å²) < 4.78 is 0. The number of fused-ring (bicyclic) bond motifs is 1. The Hall–Kier alpha value is -2.16. The lowest BCUT2D eigenvalue weighted by Crippen LogP contribution is -2.29. The van der Waals surface area contributed by atoms with Crippen molar-refractivity contribution in [3.8, 4) is 0 Å². The van der Waals surface area contributed by atoms with Crippen LogP contribution in [0.3, 0.4) is 0 Å². The highest BCUT2D eigenvalue weighted by Crippen LogP contribution is 2.23. The highest BCUT2D eigenvalue weighted by atomic mass is 16.2. The number of carbonyl (C=O) groups is 1. The molecule has 1 amide bonds. The fourth-order valence-electron chi connectivity index (χ4n) is 3.07. The lowest BCUT2D eigenvalue weighted by atomic mass is 9.89. The van der Waals surface area contributed by atoms with E-state index in [0.29, 0.717) is 0 Å². The summed E-state index contributed by atoms with van der Waals surface area (Å²) >= 11 is 0. The Bertz CT molecular complexity index is 699. The van der Waals surface area contributed by atoms with Crippen LogP contribution >= 0.6 is 0 Å². The molecule has 0 aromatic heterocycles. The Balaban J connectivity index is 1.71. The lowest BCUT2D eigenvalue weighted by molar-refractivity contribution is -0.125. The molecule has 3 nitrogen and oxygen atoms in total. The quantitative estimate of drug-likeness (QED) is 0.667. The standard InChI is InChI=1S/C19H22N2O/c1-14(20-21-19(22)16-8-3-2-4-9-16)17-12-11-15-7-5-6-10-18(15)13-17/h5-7,10-13,16H,2-4,8-9H2,1H3,(H,21,22)/b20-14+. The van der Waals surface area contributed by atoms with Crippen LogP contribution in [0.15, 0.2) is 47.6 Å². The second-order valence-corrected chi connectivity index (χ2v) is 6.07. The van der Waals surface area contributed by atoms with Gasteiger partial charge in [0.25, 0.3) is 0 Å². The van der Waals surface area contributed by atoms with Gasteiger partial charge in [-0.05, 0) is 42.2 Å². The Morgan fingerprint density at radius 3 is 2.55 bits per heavy atom. The van der Waals surface area contributed by atoms with Gasteiger partial charge in [-0.1, -0.05) is 55.7 Å². The molecule has 0 bridgehead atoms. The Kier molecular flexibility index (Phi) is 4.52. The second kappa shape index (κ2) is 6.73. The molecule has 3 heteroatoms. The van der Waals surface area contributed by atoms with E-state index >= 15 is 0 Å². The van der Waals surface area contributed by atoms with Gasteiger partial charge < -0.3 is 0 Å². The number of hydrogen-bond donors (Lipinski definition) is 1. The molecule has 0 atom stereocenters. The molecule has 0 aliphatic heterocycles. The van der Waals surface area contributed by atoms with E-state index < -0.39 is 0 Å². The van der Waals surface area contributed by atoms with E-state index in [1.165, 1.54) is 17.2 Å². The van der Waals surface area contributed by atoms with Crippen molar-refractivity contribution in [2.75, 3.05) is 0 Å². The molecule has 0 heterocycles. The molecule has 3 rings (SSSR count). The molecule has 1 N–H and O–H groups in total. The van der Waals surface area contributed by atoms with Crippen molar-refractivity contribution in [2.24, 2.45) is 11.0 Å². The molecule has 114 valence electrons. The van der Waals surface area contributed by atoms with Gasteiger partial charge in [-0.25, -0.2) is 5.43 Å². The third-order valence-corrected chi connectivity index (χ3v) is 4.48. The summed E-state index contributed by atoms with van der Waals surface area (Å²) in [6, 6.07) is 14.5. The zero-order valence-electron chi connectivity index (χ0n) is 13.0. The first-order valence-electron chi connectivity index (χ1n) is 8.07. The maximum Gasteiger partial charge on any atom is 0.243 e. The van der Waals surface area contributed by atoms with Crippen LogP contribution in [-0.4, -0.2) is 11.6 Å². The monoisotopic (exact) mass is 294 g/mol. The van der Waals surface area contributed by atoms with Crippen molar-refractivity contribution in [3.63, 3.8) is 0 Å². The topological polar surface area (TPSA) is 41.5 Å². The predicted octanol–water partition coefficient (Wildman–Crippen LogP) is 4.26. The van der Waals surface area contributed by atoms with E-state index in [-0.39, 0.29) is 11.8 Å². The van der Waals surface area contributed by atoms with Gasteiger partial charge in [-0.15, -0.1) is 0 Å². The largest absolute Gasteiger partial charge is 0.273 e. The Morgan fingerprint density at radius 1 is 1.05 bits per heavy atom. The first-order chi connectivity index (χ1) is 10.7. The minimum Gasteiger partial charge on any atom is -0.273 e. The van der Waals surface area contributed by atoms with Crippen LogP contribution in [0.1, 0.15) is 44.6 Å². The maximum absolute atomic E-state index is 12.1. The number of nitrogens with one attached hydrogen (secondary N) is 1. The molecule has 0 radical (unpaired) electrons. The van der Waals surface area contributed by atoms with Crippen molar-refractivity contribution in [3.05, 3.63) is 48.0 Å². The molecule has 0 spiro atoms. The van der Waals surface area contributed by atoms with Crippen molar-refractivity contribution < 1.29 is 4.79 Å². The summed E-state index contributed by atoms with van der Waals surface area (Å²) in [5, 5.41) is 6.69. The normalized spacial score (nSPS) is 16.7. The van der Waals surface area contributed by atoms with Crippen LogP contribution in [0.25, 0.3) is 10.8 Å². The van der Waals surface area contributed by atoms with Crippen LogP contribution < -0.4 is 5.43 Å². The Labute approximate surface area is 131 Å². The van der Waals surface area contributed by atoms with E-state index in [1.54, 1.807) is 0 Å². The lowest BCUT2D eigenvalue weighted by Gasteiger charge is -2.19. The van der Waals surface area contributed by atoms with Gasteiger partial charge in [0.1, 0.15) is 0 Å². The number of amides is 1. The maximum atomic E-state index is 12.1. The van der Waals surface area contributed by atoms with Crippen LogP contribution in [0.2, 0.25) is 0 Å². The van der Waals surface area contributed by atoms with Gasteiger partial charge in [0.05, 0.1) is 5.71 Å². The summed E-state index contributed by atoms with van der Waals surface area (Å²) in [4.78, 5) is 12.1. The zero-order chi connectivity index (χ0) is 15.4. The van der Waals surface area contributed by atoms with Crippen LogP contribution in [-0.2, 0) is 4.79 Å². The van der Waals surface area contributed by atoms with Crippen molar-refractivity contribution in [2.45, 2.75) is 39.0 Å².